The van der Waals surface area contributed by atoms with E-state index >= 15 is 0 Å². The Balaban J connectivity index is 1.73. The molecule has 5 heteroatoms. The van der Waals surface area contributed by atoms with Crippen molar-refractivity contribution in [2.75, 3.05) is 51.3 Å². The number of hydrogen-bond acceptors (Lipinski definition) is 4. The molecule has 1 fully saturated rings. The van der Waals surface area contributed by atoms with Gasteiger partial charge in [0.25, 0.3) is 0 Å². The van der Waals surface area contributed by atoms with Crippen LogP contribution < -0.4 is 10.2 Å². The number of piperazine rings is 1. The van der Waals surface area contributed by atoms with E-state index in [0.717, 1.165) is 26.2 Å². The Morgan fingerprint density at radius 2 is 1.90 bits per heavy atom. The first-order chi connectivity index (χ1) is 10.2. The van der Waals surface area contributed by atoms with Crippen LogP contribution in [0.1, 0.15) is 6.92 Å². The summed E-state index contributed by atoms with van der Waals surface area (Å²) in [6.07, 6.45) is 0. The molecular weight excluding hydrogens is 266 g/mol. The lowest BCUT2D eigenvalue weighted by Gasteiger charge is -2.35. The van der Waals surface area contributed by atoms with Crippen molar-refractivity contribution in [3.8, 4) is 0 Å². The van der Waals surface area contributed by atoms with Crippen molar-refractivity contribution in [3.05, 3.63) is 30.3 Å². The van der Waals surface area contributed by atoms with Crippen LogP contribution in [0.5, 0.6) is 0 Å². The number of nitrogens with one attached hydrogen (secondary N) is 1. The minimum absolute atomic E-state index is 0.0631. The fourth-order valence-corrected chi connectivity index (χ4v) is 2.62. The average Bonchev–Trinajstić information content (AvgIpc) is 2.49. The van der Waals surface area contributed by atoms with E-state index in [0.29, 0.717) is 13.2 Å². The third-order valence-corrected chi connectivity index (χ3v) is 3.68. The van der Waals surface area contributed by atoms with Gasteiger partial charge in [0.05, 0.1) is 13.2 Å². The Morgan fingerprint density at radius 1 is 1.24 bits per heavy atom. The molecule has 1 aliphatic heterocycles. The van der Waals surface area contributed by atoms with Gasteiger partial charge < -0.3 is 15.0 Å². The topological polar surface area (TPSA) is 44.8 Å². The standard InChI is InChI=1S/C16H25N3O2/c1-14(13-21-2)17-16(20)12-18-8-10-19(11-9-18)15-6-4-3-5-7-15/h3-7,14H,8-13H2,1-2H3,(H,17,20). The molecular formula is C16H25N3O2. The minimum Gasteiger partial charge on any atom is -0.383 e. The van der Waals surface area contributed by atoms with E-state index in [1.165, 1.54) is 5.69 Å². The summed E-state index contributed by atoms with van der Waals surface area (Å²) in [5.74, 6) is 0.0766. The zero-order chi connectivity index (χ0) is 15.1. The van der Waals surface area contributed by atoms with E-state index in [9.17, 15) is 4.79 Å². The van der Waals surface area contributed by atoms with Crippen LogP contribution in [0, 0.1) is 0 Å². The molecule has 0 radical (unpaired) electrons. The number of methoxy groups -OCH3 is 1. The third kappa shape index (κ3) is 5.02. The molecule has 1 atom stereocenters. The van der Waals surface area contributed by atoms with Gasteiger partial charge in [-0.2, -0.15) is 0 Å². The SMILES string of the molecule is COCC(C)NC(=O)CN1CCN(c2ccccc2)CC1. The van der Waals surface area contributed by atoms with Crippen LogP contribution in [0.15, 0.2) is 30.3 Å². The second-order valence-corrected chi connectivity index (χ2v) is 5.52. The first-order valence-corrected chi connectivity index (χ1v) is 7.49. The van der Waals surface area contributed by atoms with Crippen LogP contribution in [-0.2, 0) is 9.53 Å². The van der Waals surface area contributed by atoms with Crippen molar-refractivity contribution >= 4 is 11.6 Å². The van der Waals surface area contributed by atoms with Crippen LogP contribution in [0.25, 0.3) is 0 Å². The first-order valence-electron chi connectivity index (χ1n) is 7.49. The summed E-state index contributed by atoms with van der Waals surface area (Å²) in [5.41, 5.74) is 1.26. The molecule has 1 aliphatic rings. The molecule has 0 spiro atoms. The second kappa shape index (κ2) is 8.00. The van der Waals surface area contributed by atoms with Crippen LogP contribution in [-0.4, -0.2) is 63.3 Å². The van der Waals surface area contributed by atoms with Gasteiger partial charge in [-0.3, -0.25) is 9.69 Å². The number of benzene rings is 1. The lowest BCUT2D eigenvalue weighted by molar-refractivity contribution is -0.123. The fourth-order valence-electron chi connectivity index (χ4n) is 2.62. The highest BCUT2D eigenvalue weighted by atomic mass is 16.5. The molecule has 21 heavy (non-hydrogen) atoms. The number of hydrogen-bond donors (Lipinski definition) is 1. The van der Waals surface area contributed by atoms with Crippen LogP contribution in [0.2, 0.25) is 0 Å². The summed E-state index contributed by atoms with van der Waals surface area (Å²) < 4.78 is 5.02. The van der Waals surface area contributed by atoms with Crippen LogP contribution >= 0.6 is 0 Å². The predicted molar refractivity (Wildman–Crippen MR) is 84.6 cm³/mol. The van der Waals surface area contributed by atoms with Crippen LogP contribution in [0.4, 0.5) is 5.69 Å². The highest BCUT2D eigenvalue weighted by Crippen LogP contribution is 2.15. The zero-order valence-electron chi connectivity index (χ0n) is 12.9. The maximum Gasteiger partial charge on any atom is 0.234 e. The molecule has 116 valence electrons. The Bertz CT molecular complexity index is 430. The number of carbonyl (C=O) groups is 1. The van der Waals surface area contributed by atoms with Gasteiger partial charge in [-0.05, 0) is 19.1 Å². The number of carbonyl (C=O) groups excluding carboxylic acids is 1. The maximum absolute atomic E-state index is 11.9. The molecule has 1 N–H and O–H groups in total. The molecule has 1 amide bonds. The smallest absolute Gasteiger partial charge is 0.234 e. The lowest BCUT2D eigenvalue weighted by atomic mass is 10.2. The summed E-state index contributed by atoms with van der Waals surface area (Å²) in [4.78, 5) is 16.5. The molecule has 1 aromatic rings. The molecule has 1 heterocycles. The summed E-state index contributed by atoms with van der Waals surface area (Å²) in [6.45, 7) is 6.73. The molecule has 0 aromatic heterocycles. The monoisotopic (exact) mass is 291 g/mol. The number of rotatable bonds is 6. The molecule has 1 saturated heterocycles. The van der Waals surface area contributed by atoms with E-state index in [4.69, 9.17) is 4.74 Å². The maximum atomic E-state index is 11.9. The van der Waals surface area contributed by atoms with E-state index in [1.54, 1.807) is 7.11 Å². The first kappa shape index (κ1) is 15.8. The van der Waals surface area contributed by atoms with Gasteiger partial charge in [0, 0.05) is 45.0 Å². The number of amides is 1. The number of nitrogens with zero attached hydrogens (tertiary/aromatic N) is 2. The number of para-hydroxylation sites is 1. The molecule has 0 aliphatic carbocycles. The van der Waals surface area contributed by atoms with Crippen molar-refractivity contribution in [2.45, 2.75) is 13.0 Å². The Kier molecular flexibility index (Phi) is 6.02. The predicted octanol–water partition coefficient (Wildman–Crippen LogP) is 0.960. The van der Waals surface area contributed by atoms with Crippen molar-refractivity contribution in [3.63, 3.8) is 0 Å². The Morgan fingerprint density at radius 3 is 2.52 bits per heavy atom. The number of ether oxygens (including phenoxy) is 1. The Labute approximate surface area is 126 Å². The highest BCUT2D eigenvalue weighted by molar-refractivity contribution is 5.78. The minimum atomic E-state index is 0.0631. The summed E-state index contributed by atoms with van der Waals surface area (Å²) in [5, 5.41) is 2.95. The molecule has 0 bridgehead atoms. The largest absolute Gasteiger partial charge is 0.383 e. The normalized spacial score (nSPS) is 17.5. The summed E-state index contributed by atoms with van der Waals surface area (Å²) in [6, 6.07) is 10.5. The molecule has 2 rings (SSSR count). The van der Waals surface area contributed by atoms with E-state index in [-0.39, 0.29) is 11.9 Å². The van der Waals surface area contributed by atoms with Gasteiger partial charge in [0.2, 0.25) is 5.91 Å². The zero-order valence-corrected chi connectivity index (χ0v) is 12.9. The van der Waals surface area contributed by atoms with E-state index in [1.807, 2.05) is 13.0 Å². The van der Waals surface area contributed by atoms with E-state index < -0.39 is 0 Å². The second-order valence-electron chi connectivity index (χ2n) is 5.52. The van der Waals surface area contributed by atoms with Gasteiger partial charge in [-0.1, -0.05) is 18.2 Å². The quantitative estimate of drug-likeness (QED) is 0.848. The van der Waals surface area contributed by atoms with Gasteiger partial charge in [-0.15, -0.1) is 0 Å². The van der Waals surface area contributed by atoms with E-state index in [2.05, 4.69) is 39.4 Å². The molecule has 1 aromatic carbocycles. The fraction of sp³-hybridized carbons (Fsp3) is 0.562. The number of anilines is 1. The van der Waals surface area contributed by atoms with Crippen molar-refractivity contribution < 1.29 is 9.53 Å². The van der Waals surface area contributed by atoms with Crippen LogP contribution in [0.3, 0.4) is 0 Å². The van der Waals surface area contributed by atoms with Gasteiger partial charge in [0.1, 0.15) is 0 Å². The lowest BCUT2D eigenvalue weighted by Crippen LogP contribution is -2.50. The van der Waals surface area contributed by atoms with Gasteiger partial charge in [-0.25, -0.2) is 0 Å². The van der Waals surface area contributed by atoms with Crippen molar-refractivity contribution in [1.29, 1.82) is 0 Å². The molecule has 0 saturated carbocycles. The third-order valence-electron chi connectivity index (χ3n) is 3.68. The summed E-state index contributed by atoms with van der Waals surface area (Å²) in [7, 11) is 1.64. The molecule has 5 nitrogen and oxygen atoms in total. The molecule has 1 unspecified atom stereocenters. The van der Waals surface area contributed by atoms with Gasteiger partial charge >= 0.3 is 0 Å². The Hall–Kier alpha value is -1.59. The average molecular weight is 291 g/mol. The highest BCUT2D eigenvalue weighted by Gasteiger charge is 2.19. The van der Waals surface area contributed by atoms with Gasteiger partial charge in [0.15, 0.2) is 0 Å². The van der Waals surface area contributed by atoms with Crippen molar-refractivity contribution in [2.24, 2.45) is 0 Å². The summed E-state index contributed by atoms with van der Waals surface area (Å²) >= 11 is 0. The van der Waals surface area contributed by atoms with Crippen molar-refractivity contribution in [1.82, 2.24) is 10.2 Å².